The van der Waals surface area contributed by atoms with Gasteiger partial charge in [0.1, 0.15) is 0 Å². The molecule has 0 heterocycles. The lowest BCUT2D eigenvalue weighted by atomic mass is 10.1. The van der Waals surface area contributed by atoms with Gasteiger partial charge in [0.2, 0.25) is 11.8 Å². The highest BCUT2D eigenvalue weighted by molar-refractivity contribution is 5.93. The monoisotopic (exact) mass is 296 g/mol. The molecule has 3 nitrogen and oxygen atoms in total. The predicted molar refractivity (Wildman–Crippen MR) is 55.4 cm³/mol. The van der Waals surface area contributed by atoms with E-state index in [9.17, 15) is 31.1 Å². The Kier molecular flexibility index (Phi) is 4.27. The quantitative estimate of drug-likeness (QED) is 0.852. The average molecular weight is 296 g/mol. The highest BCUT2D eigenvalue weighted by atomic mass is 19.4. The van der Waals surface area contributed by atoms with Gasteiger partial charge in [0, 0.05) is 5.69 Å². The van der Waals surface area contributed by atoms with Gasteiger partial charge in [0.05, 0.1) is 11.6 Å². The van der Waals surface area contributed by atoms with Crippen LogP contribution in [-0.4, -0.2) is 18.3 Å². The number of nitrogens with zero attached hydrogens (tertiary/aromatic N) is 1. The van der Waals surface area contributed by atoms with E-state index in [0.29, 0.717) is 0 Å². The Morgan fingerprint density at radius 3 is 1.85 bits per heavy atom. The highest BCUT2D eigenvalue weighted by Crippen LogP contribution is 2.39. The van der Waals surface area contributed by atoms with Crippen molar-refractivity contribution in [1.82, 2.24) is 0 Å². The van der Waals surface area contributed by atoms with Gasteiger partial charge in [-0.15, -0.1) is 0 Å². The van der Waals surface area contributed by atoms with Gasteiger partial charge in [-0.3, -0.25) is 4.79 Å². The molecular weight excluding hydrogens is 290 g/mol. The minimum absolute atomic E-state index is 0.145. The number of hydrogen-bond acceptors (Lipinski definition) is 2. The molecule has 0 bridgehead atoms. The average Bonchev–Trinajstić information content (AvgIpc) is 2.25. The Morgan fingerprint density at radius 1 is 1.05 bits per heavy atom. The van der Waals surface area contributed by atoms with E-state index in [1.165, 1.54) is 5.32 Å². The highest BCUT2D eigenvalue weighted by Gasteiger charge is 2.61. The first-order valence-corrected chi connectivity index (χ1v) is 5.00. The van der Waals surface area contributed by atoms with Crippen LogP contribution in [0, 0.1) is 17.2 Å². The largest absolute Gasteiger partial charge is 0.409 e. The van der Waals surface area contributed by atoms with Gasteiger partial charge >= 0.3 is 12.4 Å². The smallest absolute Gasteiger partial charge is 0.325 e. The van der Waals surface area contributed by atoms with Crippen LogP contribution in [0.4, 0.5) is 32.0 Å². The van der Waals surface area contributed by atoms with Gasteiger partial charge in [0.15, 0.2) is 0 Å². The van der Waals surface area contributed by atoms with Crippen LogP contribution < -0.4 is 5.32 Å². The number of amides is 1. The van der Waals surface area contributed by atoms with Crippen molar-refractivity contribution in [2.75, 3.05) is 5.32 Å². The zero-order chi connectivity index (χ0) is 15.6. The molecule has 108 valence electrons. The molecule has 20 heavy (non-hydrogen) atoms. The van der Waals surface area contributed by atoms with Crippen molar-refractivity contribution in [2.45, 2.75) is 12.4 Å². The zero-order valence-corrected chi connectivity index (χ0v) is 9.51. The van der Waals surface area contributed by atoms with E-state index < -0.39 is 24.2 Å². The lowest BCUT2D eigenvalue weighted by Gasteiger charge is -2.22. The van der Waals surface area contributed by atoms with Gasteiger partial charge in [-0.1, -0.05) is 0 Å². The molecule has 0 aliphatic rings. The number of nitrogens with one attached hydrogen (secondary N) is 1. The van der Waals surface area contributed by atoms with E-state index >= 15 is 0 Å². The van der Waals surface area contributed by atoms with E-state index in [2.05, 4.69) is 0 Å². The number of carbonyl (C=O) groups excluding carboxylic acids is 1. The van der Waals surface area contributed by atoms with Crippen molar-refractivity contribution >= 4 is 11.6 Å². The molecule has 0 saturated carbocycles. The molecule has 0 aliphatic carbocycles. The van der Waals surface area contributed by atoms with Gasteiger partial charge in [-0.2, -0.15) is 31.6 Å². The number of halogens is 6. The van der Waals surface area contributed by atoms with E-state index in [4.69, 9.17) is 5.26 Å². The molecule has 0 fully saturated rings. The SMILES string of the molecule is N#Cc1ccc(NC(=O)C(C(F)(F)F)C(F)(F)F)cc1. The van der Waals surface area contributed by atoms with Crippen LogP contribution in [0.2, 0.25) is 0 Å². The van der Waals surface area contributed by atoms with Crippen LogP contribution in [-0.2, 0) is 4.79 Å². The van der Waals surface area contributed by atoms with E-state index in [1.807, 2.05) is 0 Å². The summed E-state index contributed by atoms with van der Waals surface area (Å²) in [6.07, 6.45) is -11.5. The molecule has 1 aromatic rings. The van der Waals surface area contributed by atoms with E-state index in [0.717, 1.165) is 24.3 Å². The number of anilines is 1. The Labute approximate surface area is 108 Å². The minimum Gasteiger partial charge on any atom is -0.325 e. The molecule has 1 N–H and O–H groups in total. The third-order valence-corrected chi connectivity index (χ3v) is 2.20. The molecule has 1 aromatic carbocycles. The number of alkyl halides is 6. The minimum atomic E-state index is -5.74. The molecule has 0 aliphatic heterocycles. The topological polar surface area (TPSA) is 52.9 Å². The third kappa shape index (κ3) is 3.88. The molecule has 0 spiro atoms. The molecule has 0 radical (unpaired) electrons. The molecule has 0 unspecified atom stereocenters. The fraction of sp³-hybridized carbons (Fsp3) is 0.273. The molecule has 1 rings (SSSR count). The molecular formula is C11H6F6N2O. The van der Waals surface area contributed by atoms with Crippen molar-refractivity contribution in [3.63, 3.8) is 0 Å². The Hall–Kier alpha value is -2.24. The summed E-state index contributed by atoms with van der Waals surface area (Å²) in [4.78, 5) is 11.1. The maximum atomic E-state index is 12.3. The standard InChI is InChI=1S/C11H6F6N2O/c12-10(13,14)8(11(15,16)17)9(20)19-7-3-1-6(5-18)2-4-7/h1-4,8H,(H,19,20). The number of hydrogen-bond donors (Lipinski definition) is 1. The molecule has 1 amide bonds. The second-order valence-electron chi connectivity index (χ2n) is 3.69. The molecule has 9 heteroatoms. The second-order valence-corrected chi connectivity index (χ2v) is 3.69. The maximum absolute atomic E-state index is 12.3. The van der Waals surface area contributed by atoms with Crippen molar-refractivity contribution in [1.29, 1.82) is 5.26 Å². The summed E-state index contributed by atoms with van der Waals surface area (Å²) in [5.74, 6) is -6.33. The number of nitriles is 1. The van der Waals surface area contributed by atoms with Crippen LogP contribution >= 0.6 is 0 Å². The summed E-state index contributed by atoms with van der Waals surface area (Å²) in [7, 11) is 0. The summed E-state index contributed by atoms with van der Waals surface area (Å²) in [5.41, 5.74) is -0.126. The van der Waals surface area contributed by atoms with Crippen molar-refractivity contribution in [3.05, 3.63) is 29.8 Å². The van der Waals surface area contributed by atoms with Crippen molar-refractivity contribution < 1.29 is 31.1 Å². The van der Waals surface area contributed by atoms with E-state index in [1.54, 1.807) is 6.07 Å². The van der Waals surface area contributed by atoms with Crippen LogP contribution in [0.5, 0.6) is 0 Å². The first-order chi connectivity index (χ1) is 9.05. The Bertz CT molecular complexity index is 512. The van der Waals surface area contributed by atoms with Gasteiger partial charge in [-0.05, 0) is 24.3 Å². The third-order valence-electron chi connectivity index (χ3n) is 2.20. The fourth-order valence-electron chi connectivity index (χ4n) is 1.33. The molecule has 0 atom stereocenters. The maximum Gasteiger partial charge on any atom is 0.409 e. The lowest BCUT2D eigenvalue weighted by molar-refractivity contribution is -0.272. The van der Waals surface area contributed by atoms with Crippen molar-refractivity contribution in [2.24, 2.45) is 5.92 Å². The molecule has 0 aromatic heterocycles. The number of benzene rings is 1. The summed E-state index contributed by atoms with van der Waals surface area (Å²) >= 11 is 0. The lowest BCUT2D eigenvalue weighted by Crippen LogP contribution is -2.45. The summed E-state index contributed by atoms with van der Waals surface area (Å²) in [6.45, 7) is 0. The Morgan fingerprint density at radius 2 is 1.50 bits per heavy atom. The summed E-state index contributed by atoms with van der Waals surface area (Å²) in [5, 5.41) is 10.00. The fourth-order valence-corrected chi connectivity index (χ4v) is 1.33. The van der Waals surface area contributed by atoms with Crippen LogP contribution in [0.3, 0.4) is 0 Å². The van der Waals surface area contributed by atoms with Crippen molar-refractivity contribution in [3.8, 4) is 6.07 Å². The van der Waals surface area contributed by atoms with Gasteiger partial charge in [-0.25, -0.2) is 0 Å². The first kappa shape index (κ1) is 15.8. The van der Waals surface area contributed by atoms with Crippen LogP contribution in [0.1, 0.15) is 5.56 Å². The van der Waals surface area contributed by atoms with E-state index in [-0.39, 0.29) is 11.3 Å². The normalized spacial score (nSPS) is 12.1. The second kappa shape index (κ2) is 5.40. The summed E-state index contributed by atoms with van der Waals surface area (Å²) < 4.78 is 73.6. The van der Waals surface area contributed by atoms with Gasteiger partial charge in [0.25, 0.3) is 0 Å². The number of rotatable bonds is 2. The Balaban J connectivity index is 2.95. The van der Waals surface area contributed by atoms with Gasteiger partial charge < -0.3 is 5.32 Å². The first-order valence-electron chi connectivity index (χ1n) is 5.00. The molecule has 0 saturated heterocycles. The van der Waals surface area contributed by atoms with Crippen LogP contribution in [0.25, 0.3) is 0 Å². The zero-order valence-electron chi connectivity index (χ0n) is 9.51. The van der Waals surface area contributed by atoms with Crippen LogP contribution in [0.15, 0.2) is 24.3 Å². The summed E-state index contributed by atoms with van der Waals surface area (Å²) in [6, 6.07) is 6.05. The predicted octanol–water partition coefficient (Wildman–Crippen LogP) is 3.24. The number of carbonyl (C=O) groups is 1.